The van der Waals surface area contributed by atoms with Crippen LogP contribution in [-0.4, -0.2) is 20.0 Å². The van der Waals surface area contributed by atoms with Gasteiger partial charge in [0.2, 0.25) is 0 Å². The summed E-state index contributed by atoms with van der Waals surface area (Å²) in [6, 6.07) is 12.0. The van der Waals surface area contributed by atoms with Gasteiger partial charge in [-0.25, -0.2) is 0 Å². The van der Waals surface area contributed by atoms with E-state index in [1.54, 1.807) is 49.6 Å². The second-order valence-electron chi connectivity index (χ2n) is 3.91. The molecule has 0 fully saturated rings. The number of carbonyl (C=O) groups excluding carboxylic acids is 1. The Bertz CT molecular complexity index is 608. The van der Waals surface area contributed by atoms with Crippen LogP contribution in [0.5, 0.6) is 11.5 Å². The van der Waals surface area contributed by atoms with Crippen molar-refractivity contribution in [3.63, 3.8) is 0 Å². The van der Waals surface area contributed by atoms with Gasteiger partial charge in [0.25, 0.3) is 0 Å². The third kappa shape index (κ3) is 2.88. The summed E-state index contributed by atoms with van der Waals surface area (Å²) in [6.45, 7) is 0. The molecule has 0 saturated heterocycles. The van der Waals surface area contributed by atoms with Crippen molar-refractivity contribution in [2.75, 3.05) is 14.2 Å². The number of methoxy groups -OCH3 is 2. The molecule has 4 heteroatoms. The van der Waals surface area contributed by atoms with Crippen molar-refractivity contribution in [1.29, 1.82) is 0 Å². The van der Waals surface area contributed by atoms with Crippen molar-refractivity contribution < 1.29 is 14.3 Å². The summed E-state index contributed by atoms with van der Waals surface area (Å²) >= 11 is 6.02. The largest absolute Gasteiger partial charge is 0.497 e. The van der Waals surface area contributed by atoms with Gasteiger partial charge >= 0.3 is 0 Å². The number of ether oxygens (including phenoxy) is 2. The lowest BCUT2D eigenvalue weighted by Crippen LogP contribution is -2.02. The van der Waals surface area contributed by atoms with Crippen LogP contribution >= 0.6 is 11.6 Å². The normalized spacial score (nSPS) is 10.1. The van der Waals surface area contributed by atoms with Crippen LogP contribution in [0.1, 0.15) is 15.9 Å². The van der Waals surface area contributed by atoms with Gasteiger partial charge in [0.1, 0.15) is 11.5 Å². The number of carbonyl (C=O) groups is 1. The van der Waals surface area contributed by atoms with Crippen LogP contribution < -0.4 is 9.47 Å². The first-order chi connectivity index (χ1) is 9.15. The maximum Gasteiger partial charge on any atom is 0.193 e. The molecule has 0 aromatic heterocycles. The number of halogens is 1. The molecule has 0 spiro atoms. The van der Waals surface area contributed by atoms with Crippen molar-refractivity contribution in [3.05, 3.63) is 58.6 Å². The van der Waals surface area contributed by atoms with E-state index in [2.05, 4.69) is 0 Å². The maximum atomic E-state index is 12.3. The van der Waals surface area contributed by atoms with Gasteiger partial charge in [-0.2, -0.15) is 0 Å². The zero-order chi connectivity index (χ0) is 13.8. The second kappa shape index (κ2) is 5.76. The Balaban J connectivity index is 2.35. The van der Waals surface area contributed by atoms with E-state index in [0.29, 0.717) is 27.6 Å². The van der Waals surface area contributed by atoms with Crippen molar-refractivity contribution in [1.82, 2.24) is 0 Å². The van der Waals surface area contributed by atoms with E-state index in [4.69, 9.17) is 21.1 Å². The van der Waals surface area contributed by atoms with Crippen molar-refractivity contribution in [2.24, 2.45) is 0 Å². The lowest BCUT2D eigenvalue weighted by molar-refractivity contribution is 0.103. The molecule has 0 radical (unpaired) electrons. The van der Waals surface area contributed by atoms with Crippen LogP contribution in [0, 0.1) is 0 Å². The molecule has 98 valence electrons. The lowest BCUT2D eigenvalue weighted by atomic mass is 10.0. The topological polar surface area (TPSA) is 35.5 Å². The molecule has 2 aromatic carbocycles. The summed E-state index contributed by atoms with van der Waals surface area (Å²) in [4.78, 5) is 12.3. The first kappa shape index (κ1) is 13.4. The third-order valence-corrected chi connectivity index (χ3v) is 3.04. The maximum absolute atomic E-state index is 12.3. The number of benzene rings is 2. The molecule has 0 saturated carbocycles. The predicted molar refractivity (Wildman–Crippen MR) is 74.4 cm³/mol. The van der Waals surface area contributed by atoms with Crippen molar-refractivity contribution >= 4 is 17.4 Å². The molecule has 3 nitrogen and oxygen atoms in total. The van der Waals surface area contributed by atoms with Crippen molar-refractivity contribution in [2.45, 2.75) is 0 Å². The Labute approximate surface area is 116 Å². The summed E-state index contributed by atoms with van der Waals surface area (Å²) in [7, 11) is 3.10. The summed E-state index contributed by atoms with van der Waals surface area (Å²) in [5.41, 5.74) is 1.07. The Kier molecular flexibility index (Phi) is 4.07. The summed E-state index contributed by atoms with van der Waals surface area (Å²) in [5.74, 6) is 1.08. The molecule has 19 heavy (non-hydrogen) atoms. The van der Waals surface area contributed by atoms with Gasteiger partial charge in [0.05, 0.1) is 19.2 Å². The first-order valence-corrected chi connectivity index (χ1v) is 6.06. The lowest BCUT2D eigenvalue weighted by Gasteiger charge is -2.06. The highest BCUT2D eigenvalue weighted by atomic mass is 35.5. The van der Waals surface area contributed by atoms with Crippen LogP contribution in [0.2, 0.25) is 5.02 Å². The number of hydrogen-bond donors (Lipinski definition) is 0. The van der Waals surface area contributed by atoms with E-state index >= 15 is 0 Å². The molecule has 0 unspecified atom stereocenters. The molecule has 0 aliphatic heterocycles. The number of hydrogen-bond acceptors (Lipinski definition) is 3. The first-order valence-electron chi connectivity index (χ1n) is 5.68. The third-order valence-electron chi connectivity index (χ3n) is 2.75. The van der Waals surface area contributed by atoms with Crippen LogP contribution in [-0.2, 0) is 0 Å². The van der Waals surface area contributed by atoms with Crippen molar-refractivity contribution in [3.8, 4) is 11.5 Å². The van der Waals surface area contributed by atoms with Crippen LogP contribution in [0.15, 0.2) is 42.5 Å². The minimum Gasteiger partial charge on any atom is -0.497 e. The minimum atomic E-state index is -0.108. The molecule has 0 heterocycles. The fraction of sp³-hybridized carbons (Fsp3) is 0.133. The Morgan fingerprint density at radius 3 is 2.37 bits per heavy atom. The van der Waals surface area contributed by atoms with E-state index in [-0.39, 0.29) is 5.78 Å². The highest BCUT2D eigenvalue weighted by molar-refractivity contribution is 6.32. The second-order valence-corrected chi connectivity index (χ2v) is 4.32. The zero-order valence-electron chi connectivity index (χ0n) is 10.6. The Morgan fingerprint density at radius 1 is 1.00 bits per heavy atom. The Hall–Kier alpha value is -2.00. The fourth-order valence-electron chi connectivity index (χ4n) is 1.74. The van der Waals surface area contributed by atoms with Gasteiger partial charge < -0.3 is 9.47 Å². The van der Waals surface area contributed by atoms with Gasteiger partial charge in [-0.1, -0.05) is 23.7 Å². The molecule has 0 amide bonds. The smallest absolute Gasteiger partial charge is 0.193 e. The fourth-order valence-corrected chi connectivity index (χ4v) is 2.00. The van der Waals surface area contributed by atoms with Crippen LogP contribution in [0.4, 0.5) is 0 Å². The molecular formula is C15H13ClO3. The highest BCUT2D eigenvalue weighted by Gasteiger charge is 2.12. The standard InChI is InChI=1S/C15H13ClO3/c1-18-12-5-3-4-10(8-12)15(17)11-6-7-14(19-2)13(16)9-11/h3-9H,1-2H3. The molecule has 0 aliphatic rings. The van der Waals surface area contributed by atoms with E-state index < -0.39 is 0 Å². The van der Waals surface area contributed by atoms with E-state index in [0.717, 1.165) is 0 Å². The van der Waals surface area contributed by atoms with E-state index in [1.807, 2.05) is 0 Å². The minimum absolute atomic E-state index is 0.108. The molecular weight excluding hydrogens is 264 g/mol. The monoisotopic (exact) mass is 276 g/mol. The van der Waals surface area contributed by atoms with Gasteiger partial charge in [-0.15, -0.1) is 0 Å². The zero-order valence-corrected chi connectivity index (χ0v) is 11.4. The SMILES string of the molecule is COc1cccc(C(=O)c2ccc(OC)c(Cl)c2)c1. The molecule has 2 aromatic rings. The number of rotatable bonds is 4. The van der Waals surface area contributed by atoms with Gasteiger partial charge in [0, 0.05) is 11.1 Å². The molecule has 0 atom stereocenters. The average Bonchev–Trinajstić information content (AvgIpc) is 2.46. The number of ketones is 1. The molecule has 0 N–H and O–H groups in total. The van der Waals surface area contributed by atoms with E-state index in [1.165, 1.54) is 7.11 Å². The molecule has 2 rings (SSSR count). The van der Waals surface area contributed by atoms with Gasteiger partial charge in [-0.05, 0) is 30.3 Å². The van der Waals surface area contributed by atoms with Crippen LogP contribution in [0.3, 0.4) is 0 Å². The quantitative estimate of drug-likeness (QED) is 0.801. The molecule has 0 aliphatic carbocycles. The predicted octanol–water partition coefficient (Wildman–Crippen LogP) is 3.59. The van der Waals surface area contributed by atoms with E-state index in [9.17, 15) is 4.79 Å². The van der Waals surface area contributed by atoms with Crippen LogP contribution in [0.25, 0.3) is 0 Å². The summed E-state index contributed by atoms with van der Waals surface area (Å²) in [6.07, 6.45) is 0. The Morgan fingerprint density at radius 2 is 1.74 bits per heavy atom. The van der Waals surface area contributed by atoms with Gasteiger partial charge in [0.15, 0.2) is 5.78 Å². The van der Waals surface area contributed by atoms with Gasteiger partial charge in [-0.3, -0.25) is 4.79 Å². The summed E-state index contributed by atoms with van der Waals surface area (Å²) < 4.78 is 10.2. The summed E-state index contributed by atoms with van der Waals surface area (Å²) in [5, 5.41) is 0.413. The molecule has 0 bridgehead atoms. The average molecular weight is 277 g/mol. The highest BCUT2D eigenvalue weighted by Crippen LogP contribution is 2.26.